The third-order valence-corrected chi connectivity index (χ3v) is 3.18. The van der Waals surface area contributed by atoms with Gasteiger partial charge >= 0.3 is 125 Å². The molecule has 7 nitrogen and oxygen atoms in total. The van der Waals surface area contributed by atoms with Crippen LogP contribution in [0.1, 0.15) is 37.2 Å². The van der Waals surface area contributed by atoms with E-state index in [2.05, 4.69) is 42.3 Å². The monoisotopic (exact) mass is 335 g/mol. The van der Waals surface area contributed by atoms with Crippen molar-refractivity contribution >= 4 is 27.2 Å². The van der Waals surface area contributed by atoms with E-state index in [1.807, 2.05) is 20.8 Å². The maximum absolute atomic E-state index is 11.7. The van der Waals surface area contributed by atoms with E-state index in [0.717, 1.165) is 0 Å². The van der Waals surface area contributed by atoms with Crippen molar-refractivity contribution in [1.82, 2.24) is 25.4 Å². The second-order valence-corrected chi connectivity index (χ2v) is 6.07. The normalized spacial score (nSPS) is 11.4. The summed E-state index contributed by atoms with van der Waals surface area (Å²) in [6.45, 7) is 5.91. The van der Waals surface area contributed by atoms with Crippen LogP contribution in [0.2, 0.25) is 0 Å². The van der Waals surface area contributed by atoms with E-state index in [4.69, 9.17) is 4.52 Å². The zero-order valence-corrected chi connectivity index (χ0v) is 13.5. The summed E-state index contributed by atoms with van der Waals surface area (Å²) < 4.78 is 5.69. The molecule has 0 spiro atoms. The van der Waals surface area contributed by atoms with Crippen LogP contribution in [0.15, 0.2) is 10.7 Å². The van der Waals surface area contributed by atoms with Gasteiger partial charge in [0.2, 0.25) is 0 Å². The van der Waals surface area contributed by atoms with Crippen molar-refractivity contribution < 1.29 is 9.32 Å². The summed E-state index contributed by atoms with van der Waals surface area (Å²) in [5.41, 5.74) is 0.383. The van der Waals surface area contributed by atoms with Gasteiger partial charge in [-0.3, -0.25) is 0 Å². The fraction of sp³-hybridized carbons (Fsp3) is 0.417. The SMILES string of the molecule is CNC(=O)c1nc(-c2noc(C(C)(C)C)n2)cnc1[As]. The van der Waals surface area contributed by atoms with Gasteiger partial charge < -0.3 is 0 Å². The molecule has 0 aliphatic heterocycles. The van der Waals surface area contributed by atoms with Crippen LogP contribution in [0.4, 0.5) is 0 Å². The molecule has 2 aromatic heterocycles. The Morgan fingerprint density at radius 3 is 2.60 bits per heavy atom. The van der Waals surface area contributed by atoms with Crippen LogP contribution >= 0.6 is 0 Å². The standard InChI is InChI=1S/C12H14AsN5O2/c1-12(2,3)11-17-9(18-20-11)6-5-15-8(13)7(16-6)10(19)14-4/h5H,1-4H3,(H,14,19). The zero-order valence-electron chi connectivity index (χ0n) is 11.6. The van der Waals surface area contributed by atoms with Crippen molar-refractivity contribution in [3.8, 4) is 11.5 Å². The number of rotatable bonds is 2. The second-order valence-electron chi connectivity index (χ2n) is 5.18. The molecule has 0 aliphatic carbocycles. The maximum atomic E-state index is 11.7. The number of hydrogen-bond acceptors (Lipinski definition) is 6. The summed E-state index contributed by atoms with van der Waals surface area (Å²) in [5.74, 6) is 0.516. The summed E-state index contributed by atoms with van der Waals surface area (Å²) >= 11 is 2.21. The third kappa shape index (κ3) is 2.88. The number of aromatic nitrogens is 4. The molecule has 0 aliphatic rings. The first kappa shape index (κ1) is 14.7. The molecular weight excluding hydrogens is 321 g/mol. The van der Waals surface area contributed by atoms with E-state index < -0.39 is 0 Å². The molecule has 1 amide bonds. The van der Waals surface area contributed by atoms with Crippen molar-refractivity contribution in [3.05, 3.63) is 17.8 Å². The van der Waals surface area contributed by atoms with Gasteiger partial charge in [-0.05, 0) is 0 Å². The zero-order chi connectivity index (χ0) is 14.9. The van der Waals surface area contributed by atoms with Gasteiger partial charge in [-0.2, -0.15) is 0 Å². The topological polar surface area (TPSA) is 93.8 Å². The van der Waals surface area contributed by atoms with E-state index in [1.165, 1.54) is 13.2 Å². The Morgan fingerprint density at radius 1 is 1.35 bits per heavy atom. The summed E-state index contributed by atoms with van der Waals surface area (Å²) in [6, 6.07) is 0. The number of carbonyl (C=O) groups excluding carboxylic acids is 1. The van der Waals surface area contributed by atoms with Crippen molar-refractivity contribution in [3.63, 3.8) is 0 Å². The third-order valence-electron chi connectivity index (χ3n) is 2.49. The molecule has 20 heavy (non-hydrogen) atoms. The van der Waals surface area contributed by atoms with Crippen LogP contribution in [0.25, 0.3) is 11.5 Å². The van der Waals surface area contributed by atoms with E-state index in [1.54, 1.807) is 0 Å². The van der Waals surface area contributed by atoms with Gasteiger partial charge in [0, 0.05) is 0 Å². The Hall–Kier alpha value is -1.75. The molecule has 1 N–H and O–H groups in total. The van der Waals surface area contributed by atoms with E-state index in [9.17, 15) is 4.79 Å². The molecule has 2 aromatic rings. The molecule has 0 atom stereocenters. The quantitative estimate of drug-likeness (QED) is 0.775. The van der Waals surface area contributed by atoms with Crippen LogP contribution in [-0.4, -0.2) is 49.9 Å². The summed E-state index contributed by atoms with van der Waals surface area (Å²) in [4.78, 5) is 24.3. The van der Waals surface area contributed by atoms with Gasteiger partial charge in [0.05, 0.1) is 0 Å². The number of nitrogens with one attached hydrogen (secondary N) is 1. The van der Waals surface area contributed by atoms with Crippen molar-refractivity contribution in [2.24, 2.45) is 0 Å². The van der Waals surface area contributed by atoms with Crippen molar-refractivity contribution in [2.75, 3.05) is 7.05 Å². The first-order chi connectivity index (χ1) is 9.32. The van der Waals surface area contributed by atoms with E-state index in [-0.39, 0.29) is 17.0 Å². The Labute approximate surface area is 125 Å². The summed E-state index contributed by atoms with van der Waals surface area (Å²) in [6.07, 6.45) is 1.51. The molecule has 0 bridgehead atoms. The molecule has 104 valence electrons. The van der Waals surface area contributed by atoms with Gasteiger partial charge in [-0.25, -0.2) is 0 Å². The van der Waals surface area contributed by atoms with Crippen LogP contribution < -0.4 is 9.80 Å². The Kier molecular flexibility index (Phi) is 3.90. The first-order valence-corrected chi connectivity index (χ1v) is 6.89. The van der Waals surface area contributed by atoms with Crippen LogP contribution in [0, 0.1) is 0 Å². The van der Waals surface area contributed by atoms with Gasteiger partial charge in [-0.15, -0.1) is 0 Å². The molecule has 8 heteroatoms. The average molecular weight is 335 g/mol. The minimum atomic E-state index is -0.311. The summed E-state index contributed by atoms with van der Waals surface area (Å²) in [7, 11) is 1.54. The minimum absolute atomic E-state index is 0.229. The number of hydrogen-bond donors (Lipinski definition) is 1. The fourth-order valence-corrected chi connectivity index (χ4v) is 1.83. The molecular formula is C12H14AsN5O2. The second kappa shape index (κ2) is 5.32. The Bertz CT molecular complexity index is 648. The fourth-order valence-electron chi connectivity index (χ4n) is 1.39. The van der Waals surface area contributed by atoms with Gasteiger partial charge in [0.15, 0.2) is 0 Å². The predicted octanol–water partition coefficient (Wildman–Crippen LogP) is -0.0225. The number of amides is 1. The first-order valence-electron chi connectivity index (χ1n) is 5.95. The average Bonchev–Trinajstić information content (AvgIpc) is 2.88. The molecule has 0 fully saturated rings. The number of nitrogens with zero attached hydrogens (tertiary/aromatic N) is 4. The van der Waals surface area contributed by atoms with E-state index >= 15 is 0 Å². The molecule has 0 saturated carbocycles. The number of carbonyl (C=O) groups is 1. The van der Waals surface area contributed by atoms with Crippen LogP contribution in [0.5, 0.6) is 0 Å². The van der Waals surface area contributed by atoms with Crippen LogP contribution in [-0.2, 0) is 5.41 Å². The molecule has 2 heterocycles. The Morgan fingerprint density at radius 2 is 2.05 bits per heavy atom. The predicted molar refractivity (Wildman–Crippen MR) is 72.8 cm³/mol. The van der Waals surface area contributed by atoms with Crippen molar-refractivity contribution in [2.45, 2.75) is 26.2 Å². The molecule has 0 unspecified atom stereocenters. The summed E-state index contributed by atoms with van der Waals surface area (Å²) in [5, 5.41) is 6.40. The van der Waals surface area contributed by atoms with Crippen LogP contribution in [0.3, 0.4) is 0 Å². The molecule has 0 saturated heterocycles. The van der Waals surface area contributed by atoms with Gasteiger partial charge in [-0.1, -0.05) is 0 Å². The van der Waals surface area contributed by atoms with Crippen molar-refractivity contribution in [1.29, 1.82) is 0 Å². The Balaban J connectivity index is 2.43. The van der Waals surface area contributed by atoms with Gasteiger partial charge in [0.1, 0.15) is 0 Å². The molecule has 0 aromatic carbocycles. The van der Waals surface area contributed by atoms with Gasteiger partial charge in [0.25, 0.3) is 0 Å². The molecule has 2 radical (unpaired) electrons. The molecule has 2 rings (SSSR count). The van der Waals surface area contributed by atoms with E-state index in [0.29, 0.717) is 21.9 Å².